The topological polar surface area (TPSA) is 75.7 Å². The van der Waals surface area contributed by atoms with Crippen LogP contribution in [0.2, 0.25) is 5.02 Å². The lowest BCUT2D eigenvalue weighted by Gasteiger charge is -2.31. The van der Waals surface area contributed by atoms with E-state index in [9.17, 15) is 27.6 Å². The Kier molecular flexibility index (Phi) is 8.36. The molecule has 1 heterocycles. The van der Waals surface area contributed by atoms with Gasteiger partial charge in [0.2, 0.25) is 6.10 Å². The summed E-state index contributed by atoms with van der Waals surface area (Å²) in [4.78, 5) is 40.5. The molecule has 198 valence electrons. The quantitative estimate of drug-likeness (QED) is 0.379. The van der Waals surface area contributed by atoms with Crippen LogP contribution in [-0.2, 0) is 20.5 Å². The number of nitrogens with one attached hydrogen (secondary N) is 1. The first-order valence-corrected chi connectivity index (χ1v) is 12.3. The third-order valence-corrected chi connectivity index (χ3v) is 6.49. The summed E-state index contributed by atoms with van der Waals surface area (Å²) in [6.45, 7) is 0.654. The van der Waals surface area contributed by atoms with Gasteiger partial charge in [0, 0.05) is 34.9 Å². The first-order chi connectivity index (χ1) is 18.1. The Morgan fingerprint density at radius 3 is 2.21 bits per heavy atom. The Morgan fingerprint density at radius 2 is 1.58 bits per heavy atom. The van der Waals surface area contributed by atoms with Crippen LogP contribution in [0.25, 0.3) is 0 Å². The number of halogens is 4. The number of alkyl halides is 3. The molecule has 6 nitrogen and oxygen atoms in total. The van der Waals surface area contributed by atoms with Gasteiger partial charge in [-0.2, -0.15) is 13.2 Å². The molecule has 2 amide bonds. The molecule has 1 atom stereocenters. The third-order valence-electron chi connectivity index (χ3n) is 6.24. The highest BCUT2D eigenvalue weighted by atomic mass is 35.5. The van der Waals surface area contributed by atoms with Gasteiger partial charge in [0.05, 0.1) is 11.5 Å². The summed E-state index contributed by atoms with van der Waals surface area (Å²) in [6, 6.07) is 19.0. The molecule has 1 aliphatic heterocycles. The van der Waals surface area contributed by atoms with E-state index in [1.165, 1.54) is 12.1 Å². The number of esters is 1. The predicted octanol–water partition coefficient (Wildman–Crippen LogP) is 6.13. The minimum atomic E-state index is -4.57. The third kappa shape index (κ3) is 6.72. The van der Waals surface area contributed by atoms with Crippen molar-refractivity contribution in [3.05, 3.63) is 101 Å². The van der Waals surface area contributed by atoms with Crippen LogP contribution < -0.4 is 5.32 Å². The number of ether oxygens (including phenoxy) is 1. The Bertz CT molecular complexity index is 1290. The lowest BCUT2D eigenvalue weighted by atomic mass is 9.96. The smallest absolute Gasteiger partial charge is 0.416 e. The van der Waals surface area contributed by atoms with E-state index in [2.05, 4.69) is 5.32 Å². The fraction of sp³-hybridized carbons (Fsp3) is 0.250. The second kappa shape index (κ2) is 11.7. The first-order valence-electron chi connectivity index (χ1n) is 11.9. The van der Waals surface area contributed by atoms with Crippen molar-refractivity contribution in [3.8, 4) is 0 Å². The van der Waals surface area contributed by atoms with Crippen molar-refractivity contribution < 1.29 is 32.3 Å². The van der Waals surface area contributed by atoms with Gasteiger partial charge in [-0.25, -0.2) is 0 Å². The molecule has 0 aromatic heterocycles. The minimum Gasteiger partial charge on any atom is -0.447 e. The summed E-state index contributed by atoms with van der Waals surface area (Å²) >= 11 is 5.88. The van der Waals surface area contributed by atoms with E-state index in [4.69, 9.17) is 16.3 Å². The molecule has 1 aliphatic rings. The fourth-order valence-corrected chi connectivity index (χ4v) is 4.31. The number of piperidine rings is 1. The van der Waals surface area contributed by atoms with Crippen molar-refractivity contribution in [2.45, 2.75) is 25.1 Å². The van der Waals surface area contributed by atoms with Gasteiger partial charge in [-0.1, -0.05) is 48.0 Å². The van der Waals surface area contributed by atoms with Gasteiger partial charge in [0.15, 0.2) is 0 Å². The van der Waals surface area contributed by atoms with Crippen molar-refractivity contribution in [1.29, 1.82) is 0 Å². The number of amides is 2. The largest absolute Gasteiger partial charge is 0.447 e. The molecule has 0 spiro atoms. The van der Waals surface area contributed by atoms with Crippen molar-refractivity contribution in [3.63, 3.8) is 0 Å². The number of anilines is 1. The average molecular weight is 545 g/mol. The van der Waals surface area contributed by atoms with E-state index in [0.29, 0.717) is 42.1 Å². The fourth-order valence-electron chi connectivity index (χ4n) is 4.19. The highest BCUT2D eigenvalue weighted by Crippen LogP contribution is 2.31. The number of hydrogen-bond acceptors (Lipinski definition) is 4. The molecule has 4 rings (SSSR count). The Hall–Kier alpha value is -3.85. The summed E-state index contributed by atoms with van der Waals surface area (Å²) in [5.41, 5.74) is -0.120. The normalized spacial score (nSPS) is 15.0. The number of likely N-dealkylation sites (tertiary alicyclic amines) is 1. The summed E-state index contributed by atoms with van der Waals surface area (Å²) in [5.74, 6) is -2.11. The SMILES string of the molecule is O=C(OC(C(=O)Nc1cccc(C(F)(F)F)c1)c1ccccc1)C1CCN(C(=O)c2ccc(Cl)cc2)CC1. The average Bonchev–Trinajstić information content (AvgIpc) is 2.92. The zero-order chi connectivity index (χ0) is 27.3. The molecule has 1 N–H and O–H groups in total. The van der Waals surface area contributed by atoms with E-state index < -0.39 is 35.6 Å². The van der Waals surface area contributed by atoms with Crippen LogP contribution in [0.3, 0.4) is 0 Å². The van der Waals surface area contributed by atoms with Gasteiger partial charge in [-0.3, -0.25) is 14.4 Å². The van der Waals surface area contributed by atoms with Crippen LogP contribution >= 0.6 is 11.6 Å². The first kappa shape index (κ1) is 27.2. The lowest BCUT2D eigenvalue weighted by Crippen LogP contribution is -2.41. The molecule has 0 radical (unpaired) electrons. The monoisotopic (exact) mass is 544 g/mol. The van der Waals surface area contributed by atoms with Crippen LogP contribution in [0, 0.1) is 5.92 Å². The molecule has 0 saturated carbocycles. The molecule has 10 heteroatoms. The Morgan fingerprint density at radius 1 is 0.921 bits per heavy atom. The van der Waals surface area contributed by atoms with E-state index in [-0.39, 0.29) is 11.6 Å². The highest BCUT2D eigenvalue weighted by molar-refractivity contribution is 6.30. The summed E-state index contributed by atoms with van der Waals surface area (Å²) in [6.07, 6.45) is -5.26. The second-order valence-corrected chi connectivity index (χ2v) is 9.31. The molecular formula is C28H24ClF3N2O4. The van der Waals surface area contributed by atoms with Gasteiger partial charge in [-0.15, -0.1) is 0 Å². The molecule has 38 heavy (non-hydrogen) atoms. The predicted molar refractivity (Wildman–Crippen MR) is 135 cm³/mol. The minimum absolute atomic E-state index is 0.0733. The number of carbonyl (C=O) groups is 3. The number of hydrogen-bond donors (Lipinski definition) is 1. The molecular weight excluding hydrogens is 521 g/mol. The van der Waals surface area contributed by atoms with Gasteiger partial charge in [0.25, 0.3) is 11.8 Å². The van der Waals surface area contributed by atoms with E-state index in [0.717, 1.165) is 12.1 Å². The van der Waals surface area contributed by atoms with Crippen molar-refractivity contribution >= 4 is 35.1 Å². The van der Waals surface area contributed by atoms with Crippen LogP contribution in [0.15, 0.2) is 78.9 Å². The van der Waals surface area contributed by atoms with E-state index in [1.807, 2.05) is 0 Å². The van der Waals surface area contributed by atoms with Crippen molar-refractivity contribution in [2.24, 2.45) is 5.92 Å². The zero-order valence-electron chi connectivity index (χ0n) is 20.1. The Labute approximate surface area is 222 Å². The standard InChI is InChI=1S/C28H24ClF3N2O4/c29-22-11-9-19(10-12-22)26(36)34-15-13-20(14-16-34)27(37)38-24(18-5-2-1-3-6-18)25(35)33-23-8-4-7-21(17-23)28(30,31)32/h1-12,17,20,24H,13-16H2,(H,33,35). The van der Waals surface area contributed by atoms with Gasteiger partial charge >= 0.3 is 12.1 Å². The molecule has 1 fully saturated rings. The number of carbonyl (C=O) groups excluding carboxylic acids is 3. The van der Waals surface area contributed by atoms with Crippen LogP contribution in [0.4, 0.5) is 18.9 Å². The Balaban J connectivity index is 1.42. The number of nitrogens with zero attached hydrogens (tertiary/aromatic N) is 1. The second-order valence-electron chi connectivity index (χ2n) is 8.87. The van der Waals surface area contributed by atoms with Crippen LogP contribution in [0.1, 0.15) is 40.4 Å². The summed E-state index contributed by atoms with van der Waals surface area (Å²) in [7, 11) is 0. The molecule has 3 aromatic carbocycles. The number of rotatable bonds is 6. The summed E-state index contributed by atoms with van der Waals surface area (Å²) in [5, 5.41) is 2.95. The molecule has 0 bridgehead atoms. The maximum Gasteiger partial charge on any atom is 0.416 e. The molecule has 3 aromatic rings. The zero-order valence-corrected chi connectivity index (χ0v) is 20.8. The summed E-state index contributed by atoms with van der Waals surface area (Å²) < 4.78 is 44.9. The van der Waals surface area contributed by atoms with Crippen molar-refractivity contribution in [1.82, 2.24) is 4.90 Å². The van der Waals surface area contributed by atoms with Crippen LogP contribution in [0.5, 0.6) is 0 Å². The van der Waals surface area contributed by atoms with E-state index >= 15 is 0 Å². The lowest BCUT2D eigenvalue weighted by molar-refractivity contribution is -0.160. The molecule has 1 saturated heterocycles. The van der Waals surface area contributed by atoms with Crippen LogP contribution in [-0.4, -0.2) is 35.8 Å². The van der Waals surface area contributed by atoms with Gasteiger partial charge < -0.3 is 15.0 Å². The number of benzene rings is 3. The van der Waals surface area contributed by atoms with Crippen molar-refractivity contribution in [2.75, 3.05) is 18.4 Å². The molecule has 1 unspecified atom stereocenters. The molecule has 0 aliphatic carbocycles. The highest BCUT2D eigenvalue weighted by Gasteiger charge is 2.34. The van der Waals surface area contributed by atoms with Gasteiger partial charge in [0.1, 0.15) is 0 Å². The van der Waals surface area contributed by atoms with Gasteiger partial charge in [-0.05, 0) is 55.3 Å². The van der Waals surface area contributed by atoms with E-state index in [1.54, 1.807) is 59.5 Å². The maximum atomic E-state index is 13.1. The maximum absolute atomic E-state index is 13.1.